The minimum atomic E-state index is 0.161. The largest absolute Gasteiger partial charge is 0.440 e. The van der Waals surface area contributed by atoms with Gasteiger partial charge in [-0.15, -0.1) is 0 Å². The van der Waals surface area contributed by atoms with E-state index in [1.807, 2.05) is 38.2 Å². The summed E-state index contributed by atoms with van der Waals surface area (Å²) < 4.78 is 5.65. The van der Waals surface area contributed by atoms with Crippen molar-refractivity contribution >= 4 is 11.6 Å². The Hall–Kier alpha value is -1.32. The van der Waals surface area contributed by atoms with Crippen LogP contribution in [-0.2, 0) is 0 Å². The summed E-state index contributed by atoms with van der Waals surface area (Å²) in [6, 6.07) is 7.59. The third-order valence-corrected chi connectivity index (χ3v) is 2.73. The molecule has 3 nitrogen and oxygen atoms in total. The van der Waals surface area contributed by atoms with Crippen LogP contribution in [0.1, 0.15) is 18.7 Å². The zero-order valence-corrected chi connectivity index (χ0v) is 9.95. The minimum Gasteiger partial charge on any atom is -0.440 e. The van der Waals surface area contributed by atoms with E-state index in [4.69, 9.17) is 16.0 Å². The third-order valence-electron chi connectivity index (χ3n) is 2.47. The van der Waals surface area contributed by atoms with Crippen molar-refractivity contribution in [2.75, 3.05) is 7.05 Å². The monoisotopic (exact) mass is 236 g/mol. The van der Waals surface area contributed by atoms with Crippen LogP contribution in [0.15, 0.2) is 34.9 Å². The van der Waals surface area contributed by atoms with Crippen LogP contribution in [0.25, 0.3) is 11.5 Å². The Morgan fingerprint density at radius 3 is 2.62 bits per heavy atom. The van der Waals surface area contributed by atoms with Crippen molar-refractivity contribution in [2.45, 2.75) is 13.0 Å². The molecule has 0 aliphatic rings. The second kappa shape index (κ2) is 4.68. The number of nitrogens with zero attached hydrogens (tertiary/aromatic N) is 1. The van der Waals surface area contributed by atoms with Gasteiger partial charge in [0.05, 0.1) is 12.2 Å². The predicted molar refractivity (Wildman–Crippen MR) is 64.4 cm³/mol. The number of hydrogen-bond acceptors (Lipinski definition) is 3. The molecule has 0 saturated carbocycles. The Kier molecular flexibility index (Phi) is 3.27. The van der Waals surface area contributed by atoms with Crippen molar-refractivity contribution in [1.82, 2.24) is 10.3 Å². The van der Waals surface area contributed by atoms with Crippen LogP contribution >= 0.6 is 11.6 Å². The summed E-state index contributed by atoms with van der Waals surface area (Å²) in [5.41, 5.74) is 0.930. The van der Waals surface area contributed by atoms with E-state index in [2.05, 4.69) is 10.3 Å². The van der Waals surface area contributed by atoms with E-state index < -0.39 is 0 Å². The van der Waals surface area contributed by atoms with Gasteiger partial charge in [0.1, 0.15) is 5.76 Å². The summed E-state index contributed by atoms with van der Waals surface area (Å²) in [4.78, 5) is 4.24. The van der Waals surface area contributed by atoms with Gasteiger partial charge in [-0.25, -0.2) is 4.98 Å². The predicted octanol–water partition coefficient (Wildman–Crippen LogP) is 3.28. The zero-order chi connectivity index (χ0) is 11.5. The topological polar surface area (TPSA) is 38.1 Å². The maximum atomic E-state index is 5.82. The van der Waals surface area contributed by atoms with Crippen LogP contribution in [0, 0.1) is 0 Å². The first-order chi connectivity index (χ1) is 7.70. The van der Waals surface area contributed by atoms with Gasteiger partial charge in [-0.3, -0.25) is 0 Å². The lowest BCUT2D eigenvalue weighted by atomic mass is 10.2. The second-order valence-electron chi connectivity index (χ2n) is 3.59. The molecule has 1 aromatic carbocycles. The molecule has 1 unspecified atom stereocenters. The molecule has 0 aliphatic carbocycles. The quantitative estimate of drug-likeness (QED) is 0.889. The number of benzene rings is 1. The molecule has 4 heteroatoms. The summed E-state index contributed by atoms with van der Waals surface area (Å²) in [5.74, 6) is 1.45. The molecule has 1 atom stereocenters. The molecule has 0 spiro atoms. The van der Waals surface area contributed by atoms with Crippen LogP contribution in [0.4, 0.5) is 0 Å². The molecule has 1 N–H and O–H groups in total. The van der Waals surface area contributed by atoms with Crippen LogP contribution in [-0.4, -0.2) is 12.0 Å². The molecule has 16 heavy (non-hydrogen) atoms. The van der Waals surface area contributed by atoms with Gasteiger partial charge in [0.15, 0.2) is 0 Å². The highest BCUT2D eigenvalue weighted by atomic mass is 35.5. The summed E-state index contributed by atoms with van der Waals surface area (Å²) in [6.45, 7) is 2.02. The van der Waals surface area contributed by atoms with E-state index in [9.17, 15) is 0 Å². The Morgan fingerprint density at radius 2 is 2.00 bits per heavy atom. The van der Waals surface area contributed by atoms with Gasteiger partial charge in [0.2, 0.25) is 5.89 Å². The first-order valence-electron chi connectivity index (χ1n) is 5.09. The Balaban J connectivity index is 2.28. The van der Waals surface area contributed by atoms with Crippen molar-refractivity contribution in [3.05, 3.63) is 41.2 Å². The molecule has 1 aromatic heterocycles. The third kappa shape index (κ3) is 2.26. The average molecular weight is 237 g/mol. The number of nitrogens with one attached hydrogen (secondary N) is 1. The number of aromatic nitrogens is 1. The lowest BCUT2D eigenvalue weighted by molar-refractivity contribution is 0.456. The fourth-order valence-corrected chi connectivity index (χ4v) is 1.48. The van der Waals surface area contributed by atoms with Crippen LogP contribution < -0.4 is 5.32 Å². The Bertz CT molecular complexity index is 464. The first kappa shape index (κ1) is 11.2. The molecule has 0 radical (unpaired) electrons. The van der Waals surface area contributed by atoms with E-state index in [0.29, 0.717) is 10.9 Å². The number of halogens is 1. The lowest BCUT2D eigenvalue weighted by Gasteiger charge is -2.04. The molecule has 0 saturated heterocycles. The lowest BCUT2D eigenvalue weighted by Crippen LogP contribution is -2.11. The van der Waals surface area contributed by atoms with Gasteiger partial charge in [-0.05, 0) is 38.2 Å². The number of rotatable bonds is 3. The van der Waals surface area contributed by atoms with Crippen LogP contribution in [0.3, 0.4) is 0 Å². The minimum absolute atomic E-state index is 0.161. The SMILES string of the molecule is CNC(C)c1cnc(-c2ccc(Cl)cc2)o1. The zero-order valence-electron chi connectivity index (χ0n) is 9.20. The van der Waals surface area contributed by atoms with Gasteiger partial charge in [0, 0.05) is 10.6 Å². The molecule has 0 amide bonds. The van der Waals surface area contributed by atoms with Gasteiger partial charge >= 0.3 is 0 Å². The van der Waals surface area contributed by atoms with E-state index in [1.165, 1.54) is 0 Å². The van der Waals surface area contributed by atoms with Gasteiger partial charge in [-0.1, -0.05) is 11.6 Å². The first-order valence-corrected chi connectivity index (χ1v) is 5.47. The molecular weight excluding hydrogens is 224 g/mol. The summed E-state index contributed by atoms with van der Waals surface area (Å²) in [7, 11) is 1.88. The van der Waals surface area contributed by atoms with Crippen molar-refractivity contribution < 1.29 is 4.42 Å². The van der Waals surface area contributed by atoms with Crippen molar-refractivity contribution in [1.29, 1.82) is 0 Å². The van der Waals surface area contributed by atoms with Crippen molar-refractivity contribution in [3.8, 4) is 11.5 Å². The molecule has 0 aliphatic heterocycles. The highest BCUT2D eigenvalue weighted by Gasteiger charge is 2.10. The standard InChI is InChI=1S/C12H13ClN2O/c1-8(14-2)11-7-15-12(16-11)9-3-5-10(13)6-4-9/h3-8,14H,1-2H3. The van der Waals surface area contributed by atoms with E-state index in [-0.39, 0.29) is 6.04 Å². The van der Waals surface area contributed by atoms with E-state index in [0.717, 1.165) is 11.3 Å². The smallest absolute Gasteiger partial charge is 0.226 e. The van der Waals surface area contributed by atoms with Crippen molar-refractivity contribution in [2.24, 2.45) is 0 Å². The molecule has 84 valence electrons. The van der Waals surface area contributed by atoms with Crippen molar-refractivity contribution in [3.63, 3.8) is 0 Å². The van der Waals surface area contributed by atoms with Gasteiger partial charge in [-0.2, -0.15) is 0 Å². The summed E-state index contributed by atoms with van der Waals surface area (Å²) in [5, 5.41) is 3.81. The maximum absolute atomic E-state index is 5.82. The molecule has 0 bridgehead atoms. The fraction of sp³-hybridized carbons (Fsp3) is 0.250. The summed E-state index contributed by atoms with van der Waals surface area (Å²) in [6.07, 6.45) is 1.74. The normalized spacial score (nSPS) is 12.7. The van der Waals surface area contributed by atoms with Gasteiger partial charge in [0.25, 0.3) is 0 Å². The Labute approximate surface area is 99.5 Å². The second-order valence-corrected chi connectivity index (χ2v) is 4.02. The summed E-state index contributed by atoms with van der Waals surface area (Å²) >= 11 is 5.82. The molecule has 1 heterocycles. The van der Waals surface area contributed by atoms with Crippen LogP contribution in [0.5, 0.6) is 0 Å². The number of oxazole rings is 1. The molecular formula is C12H13ClN2O. The average Bonchev–Trinajstić information content (AvgIpc) is 2.78. The highest BCUT2D eigenvalue weighted by Crippen LogP contribution is 2.23. The van der Waals surface area contributed by atoms with Gasteiger partial charge < -0.3 is 9.73 Å². The highest BCUT2D eigenvalue weighted by molar-refractivity contribution is 6.30. The Morgan fingerprint density at radius 1 is 1.31 bits per heavy atom. The number of hydrogen-bond donors (Lipinski definition) is 1. The maximum Gasteiger partial charge on any atom is 0.226 e. The fourth-order valence-electron chi connectivity index (χ4n) is 1.35. The molecule has 2 aromatic rings. The van der Waals surface area contributed by atoms with E-state index >= 15 is 0 Å². The molecule has 2 rings (SSSR count). The molecule has 0 fully saturated rings. The van der Waals surface area contributed by atoms with E-state index in [1.54, 1.807) is 6.20 Å². The van der Waals surface area contributed by atoms with Crippen LogP contribution in [0.2, 0.25) is 5.02 Å².